The van der Waals surface area contributed by atoms with Gasteiger partial charge in [0.05, 0.1) is 24.4 Å². The molecule has 0 aliphatic heterocycles. The fourth-order valence-corrected chi connectivity index (χ4v) is 3.29. The van der Waals surface area contributed by atoms with Gasteiger partial charge < -0.3 is 14.6 Å². The van der Waals surface area contributed by atoms with E-state index >= 15 is 0 Å². The van der Waals surface area contributed by atoms with Crippen molar-refractivity contribution in [3.63, 3.8) is 0 Å². The summed E-state index contributed by atoms with van der Waals surface area (Å²) < 4.78 is 5.13. The highest BCUT2D eigenvalue weighted by atomic mass is 35.5. The lowest BCUT2D eigenvalue weighted by atomic mass is 10.1. The fourth-order valence-electron chi connectivity index (χ4n) is 3.16. The first kappa shape index (κ1) is 20.6. The van der Waals surface area contributed by atoms with Gasteiger partial charge in [-0.15, -0.1) is 0 Å². The Morgan fingerprint density at radius 1 is 1.14 bits per heavy atom. The van der Waals surface area contributed by atoms with Gasteiger partial charge in [0.1, 0.15) is 5.69 Å². The van der Waals surface area contributed by atoms with Crippen LogP contribution in [0.5, 0.6) is 0 Å². The Morgan fingerprint density at radius 2 is 1.86 bits per heavy atom. The van der Waals surface area contributed by atoms with E-state index in [4.69, 9.17) is 16.3 Å². The quantitative estimate of drug-likeness (QED) is 0.596. The van der Waals surface area contributed by atoms with Crippen LogP contribution in [0.25, 0.3) is 0 Å². The number of pyridine rings is 1. The van der Waals surface area contributed by atoms with Crippen LogP contribution in [0.4, 0.5) is 5.69 Å². The number of amides is 1. The molecule has 0 bridgehead atoms. The largest absolute Gasteiger partial charge is 0.462 e. The number of hydrogen-bond acceptors (Lipinski definition) is 4. The molecule has 0 unspecified atom stereocenters. The van der Waals surface area contributed by atoms with Gasteiger partial charge >= 0.3 is 5.97 Å². The Balaban J connectivity index is 2.02. The Kier molecular flexibility index (Phi) is 6.34. The van der Waals surface area contributed by atoms with Crippen molar-refractivity contribution in [3.8, 4) is 0 Å². The van der Waals surface area contributed by atoms with Crippen LogP contribution in [-0.2, 0) is 11.3 Å². The third-order valence-corrected chi connectivity index (χ3v) is 4.81. The molecule has 0 atom stereocenters. The Labute approximate surface area is 174 Å². The number of aromatic nitrogens is 2. The second-order valence-corrected chi connectivity index (χ2v) is 6.97. The molecule has 0 aliphatic carbocycles. The van der Waals surface area contributed by atoms with E-state index in [0.29, 0.717) is 33.2 Å². The minimum Gasteiger partial charge on any atom is -0.462 e. The molecular formula is C22H22ClN3O3. The zero-order valence-corrected chi connectivity index (χ0v) is 17.3. The number of halogens is 1. The number of carbonyl (C=O) groups excluding carboxylic acids is 2. The van der Waals surface area contributed by atoms with Gasteiger partial charge in [-0.1, -0.05) is 17.7 Å². The number of rotatable bonds is 6. The van der Waals surface area contributed by atoms with E-state index in [1.54, 1.807) is 56.1 Å². The molecule has 0 spiro atoms. The van der Waals surface area contributed by atoms with Gasteiger partial charge in [0, 0.05) is 22.6 Å². The standard InChI is InChI=1S/C22H22ClN3O3/c1-4-29-22(28)19-14(2)20(25-15(19)3)21(27)26(13-17-7-5-6-12-24-17)18-10-8-16(23)9-11-18/h5-12,25H,4,13H2,1-3H3. The number of esters is 1. The molecule has 0 aliphatic rings. The van der Waals surface area contributed by atoms with Crippen molar-refractivity contribution < 1.29 is 14.3 Å². The number of nitrogens with one attached hydrogen (secondary N) is 1. The van der Waals surface area contributed by atoms with Crippen molar-refractivity contribution in [2.75, 3.05) is 11.5 Å². The molecule has 2 aromatic heterocycles. The Bertz CT molecular complexity index is 1010. The van der Waals surface area contributed by atoms with Crippen molar-refractivity contribution in [3.05, 3.63) is 81.9 Å². The first-order valence-corrected chi connectivity index (χ1v) is 9.63. The van der Waals surface area contributed by atoms with E-state index in [0.717, 1.165) is 5.69 Å². The van der Waals surface area contributed by atoms with Crippen molar-refractivity contribution >= 4 is 29.2 Å². The van der Waals surface area contributed by atoms with Gasteiger partial charge in [0.15, 0.2) is 0 Å². The molecule has 0 saturated heterocycles. The maximum absolute atomic E-state index is 13.5. The second-order valence-electron chi connectivity index (χ2n) is 6.53. The predicted molar refractivity (Wildman–Crippen MR) is 112 cm³/mol. The summed E-state index contributed by atoms with van der Waals surface area (Å²) in [6, 6.07) is 12.6. The number of nitrogens with zero attached hydrogens (tertiary/aromatic N) is 2. The molecule has 0 saturated carbocycles. The molecule has 1 N–H and O–H groups in total. The van der Waals surface area contributed by atoms with Gasteiger partial charge in [-0.25, -0.2) is 4.79 Å². The van der Waals surface area contributed by atoms with Crippen LogP contribution in [0.3, 0.4) is 0 Å². The van der Waals surface area contributed by atoms with Crippen LogP contribution >= 0.6 is 11.6 Å². The molecule has 1 aromatic carbocycles. The van der Waals surface area contributed by atoms with E-state index < -0.39 is 5.97 Å². The zero-order valence-electron chi connectivity index (χ0n) is 16.5. The molecular weight excluding hydrogens is 390 g/mol. The molecule has 3 aromatic rings. The maximum atomic E-state index is 13.5. The van der Waals surface area contributed by atoms with E-state index in [9.17, 15) is 9.59 Å². The zero-order chi connectivity index (χ0) is 21.0. The van der Waals surface area contributed by atoms with Crippen LogP contribution in [0.1, 0.15) is 44.7 Å². The number of anilines is 1. The first-order valence-electron chi connectivity index (χ1n) is 9.26. The topological polar surface area (TPSA) is 75.3 Å². The fraction of sp³-hybridized carbons (Fsp3) is 0.227. The lowest BCUT2D eigenvalue weighted by Gasteiger charge is -2.22. The van der Waals surface area contributed by atoms with Crippen molar-refractivity contribution in [1.82, 2.24) is 9.97 Å². The van der Waals surface area contributed by atoms with Crippen LogP contribution in [-0.4, -0.2) is 28.5 Å². The van der Waals surface area contributed by atoms with Gasteiger partial charge in [0.25, 0.3) is 5.91 Å². The molecule has 29 heavy (non-hydrogen) atoms. The number of hydrogen-bond donors (Lipinski definition) is 1. The predicted octanol–water partition coefficient (Wildman–Crippen LogP) is 4.70. The summed E-state index contributed by atoms with van der Waals surface area (Å²) >= 11 is 6.01. The molecule has 1 amide bonds. The molecule has 0 radical (unpaired) electrons. The monoisotopic (exact) mass is 411 g/mol. The minimum absolute atomic E-state index is 0.267. The van der Waals surface area contributed by atoms with Crippen molar-refractivity contribution in [2.45, 2.75) is 27.3 Å². The lowest BCUT2D eigenvalue weighted by molar-refractivity contribution is 0.0525. The second kappa shape index (κ2) is 8.92. The molecule has 150 valence electrons. The summed E-state index contributed by atoms with van der Waals surface area (Å²) in [5, 5.41) is 0.579. The third kappa shape index (κ3) is 4.49. The summed E-state index contributed by atoms with van der Waals surface area (Å²) in [6.45, 7) is 5.78. The lowest BCUT2D eigenvalue weighted by Crippen LogP contribution is -2.31. The summed E-state index contributed by atoms with van der Waals surface area (Å²) in [5.74, 6) is -0.713. The summed E-state index contributed by atoms with van der Waals surface area (Å²) in [5.41, 5.74) is 3.31. The average Bonchev–Trinajstić information content (AvgIpc) is 3.01. The van der Waals surface area contributed by atoms with Crippen LogP contribution < -0.4 is 4.90 Å². The normalized spacial score (nSPS) is 10.6. The van der Waals surface area contributed by atoms with E-state index in [2.05, 4.69) is 9.97 Å². The molecule has 6 nitrogen and oxygen atoms in total. The Morgan fingerprint density at radius 3 is 2.48 bits per heavy atom. The van der Waals surface area contributed by atoms with Gasteiger partial charge in [-0.3, -0.25) is 9.78 Å². The van der Waals surface area contributed by atoms with Gasteiger partial charge in [-0.2, -0.15) is 0 Å². The average molecular weight is 412 g/mol. The number of benzene rings is 1. The highest BCUT2D eigenvalue weighted by Gasteiger charge is 2.27. The van der Waals surface area contributed by atoms with E-state index in [-0.39, 0.29) is 19.1 Å². The van der Waals surface area contributed by atoms with Crippen molar-refractivity contribution in [1.29, 1.82) is 0 Å². The van der Waals surface area contributed by atoms with Crippen LogP contribution in [0.15, 0.2) is 48.7 Å². The highest BCUT2D eigenvalue weighted by molar-refractivity contribution is 6.30. The first-order chi connectivity index (χ1) is 13.9. The number of aryl methyl sites for hydroxylation is 1. The molecule has 7 heteroatoms. The van der Waals surface area contributed by atoms with Gasteiger partial charge in [-0.05, 0) is 62.7 Å². The summed E-state index contributed by atoms with van der Waals surface area (Å²) in [4.78, 5) is 34.8. The van der Waals surface area contributed by atoms with Crippen molar-refractivity contribution in [2.24, 2.45) is 0 Å². The number of aromatic amines is 1. The van der Waals surface area contributed by atoms with Crippen LogP contribution in [0.2, 0.25) is 5.02 Å². The summed E-state index contributed by atoms with van der Waals surface area (Å²) in [6.07, 6.45) is 1.68. The number of H-pyrrole nitrogens is 1. The molecule has 3 rings (SSSR count). The third-order valence-electron chi connectivity index (χ3n) is 4.56. The molecule has 0 fully saturated rings. The maximum Gasteiger partial charge on any atom is 0.340 e. The van der Waals surface area contributed by atoms with E-state index in [1.165, 1.54) is 0 Å². The highest BCUT2D eigenvalue weighted by Crippen LogP contribution is 2.25. The van der Waals surface area contributed by atoms with Gasteiger partial charge in [0.2, 0.25) is 0 Å². The Hall–Kier alpha value is -3.12. The van der Waals surface area contributed by atoms with E-state index in [1.807, 2.05) is 18.2 Å². The summed E-state index contributed by atoms with van der Waals surface area (Å²) in [7, 11) is 0. The number of ether oxygens (including phenoxy) is 1. The SMILES string of the molecule is CCOC(=O)c1c(C)[nH]c(C(=O)N(Cc2ccccn2)c2ccc(Cl)cc2)c1C. The van der Waals surface area contributed by atoms with Crippen LogP contribution in [0, 0.1) is 13.8 Å². The number of carbonyl (C=O) groups is 2. The minimum atomic E-state index is -0.444. The molecule has 2 heterocycles. The smallest absolute Gasteiger partial charge is 0.340 e.